The third-order valence-electron chi connectivity index (χ3n) is 3.66. The largest absolute Gasteiger partial charge is 0.491 e. The lowest BCUT2D eigenvalue weighted by Crippen LogP contribution is -2.42. The zero-order valence-corrected chi connectivity index (χ0v) is 12.3. The highest BCUT2D eigenvalue weighted by Crippen LogP contribution is 2.15. The van der Waals surface area contributed by atoms with Crippen LogP contribution >= 0.6 is 0 Å². The van der Waals surface area contributed by atoms with Crippen LogP contribution in [0.5, 0.6) is 5.75 Å². The average molecular weight is 279 g/mol. The zero-order chi connectivity index (χ0) is 14.4. The van der Waals surface area contributed by atoms with Gasteiger partial charge in [-0.2, -0.15) is 0 Å². The lowest BCUT2D eigenvalue weighted by molar-refractivity contribution is 0.0675. The number of hydrogen-bond donors (Lipinski definition) is 2. The first-order valence-corrected chi connectivity index (χ1v) is 7.37. The predicted octanol–water partition coefficient (Wildman–Crippen LogP) is 1.89. The summed E-state index contributed by atoms with van der Waals surface area (Å²) in [5, 5.41) is 13.2. The van der Waals surface area contributed by atoms with Crippen molar-refractivity contribution in [2.75, 3.05) is 19.8 Å². The number of rotatable bonds is 7. The summed E-state index contributed by atoms with van der Waals surface area (Å²) in [6.07, 6.45) is 2.00. The molecule has 1 aromatic carbocycles. The number of hydrogen-bond acceptors (Lipinski definition) is 4. The second kappa shape index (κ2) is 7.62. The molecular formula is C16H25NO3. The van der Waals surface area contributed by atoms with E-state index in [4.69, 9.17) is 9.47 Å². The molecule has 0 aromatic heterocycles. The van der Waals surface area contributed by atoms with E-state index in [1.165, 1.54) is 5.56 Å². The highest BCUT2D eigenvalue weighted by Gasteiger charge is 2.22. The van der Waals surface area contributed by atoms with Crippen molar-refractivity contribution in [1.82, 2.24) is 5.32 Å². The minimum absolute atomic E-state index is 0.270. The predicted molar refractivity (Wildman–Crippen MR) is 79.1 cm³/mol. The van der Waals surface area contributed by atoms with E-state index in [1.54, 1.807) is 0 Å². The SMILES string of the molecule is Cc1ccc(OCC(O)CNC(C)C2CCCO2)cc1. The topological polar surface area (TPSA) is 50.7 Å². The molecule has 4 nitrogen and oxygen atoms in total. The van der Waals surface area contributed by atoms with Crippen LogP contribution in [0, 0.1) is 6.92 Å². The van der Waals surface area contributed by atoms with Crippen LogP contribution < -0.4 is 10.1 Å². The molecule has 1 aliphatic heterocycles. The van der Waals surface area contributed by atoms with Gasteiger partial charge in [0.1, 0.15) is 18.5 Å². The maximum absolute atomic E-state index is 9.93. The molecule has 0 spiro atoms. The van der Waals surface area contributed by atoms with Crippen molar-refractivity contribution < 1.29 is 14.6 Å². The molecule has 1 heterocycles. The lowest BCUT2D eigenvalue weighted by atomic mass is 10.1. The molecule has 2 rings (SSSR count). The van der Waals surface area contributed by atoms with Crippen LogP contribution in [0.25, 0.3) is 0 Å². The molecule has 2 N–H and O–H groups in total. The Kier molecular flexibility index (Phi) is 5.83. The van der Waals surface area contributed by atoms with E-state index in [0.717, 1.165) is 25.2 Å². The lowest BCUT2D eigenvalue weighted by Gasteiger charge is -2.22. The van der Waals surface area contributed by atoms with Crippen LogP contribution in [0.15, 0.2) is 24.3 Å². The number of aliphatic hydroxyl groups excluding tert-OH is 1. The summed E-state index contributed by atoms with van der Waals surface area (Å²) in [7, 11) is 0. The quantitative estimate of drug-likeness (QED) is 0.800. The fourth-order valence-corrected chi connectivity index (χ4v) is 2.34. The molecular weight excluding hydrogens is 254 g/mol. The van der Waals surface area contributed by atoms with Crippen molar-refractivity contribution in [3.63, 3.8) is 0 Å². The van der Waals surface area contributed by atoms with Gasteiger partial charge in [0.2, 0.25) is 0 Å². The van der Waals surface area contributed by atoms with Gasteiger partial charge in [0, 0.05) is 19.2 Å². The second-order valence-corrected chi connectivity index (χ2v) is 5.53. The van der Waals surface area contributed by atoms with Crippen LogP contribution in [0.1, 0.15) is 25.3 Å². The normalized spacial score (nSPS) is 21.6. The molecule has 3 atom stereocenters. The summed E-state index contributed by atoms with van der Waals surface area (Å²) < 4.78 is 11.2. The molecule has 20 heavy (non-hydrogen) atoms. The number of ether oxygens (including phenoxy) is 2. The molecule has 4 heteroatoms. The van der Waals surface area contributed by atoms with E-state index < -0.39 is 6.10 Å². The van der Waals surface area contributed by atoms with Gasteiger partial charge in [0.15, 0.2) is 0 Å². The van der Waals surface area contributed by atoms with Crippen LogP contribution in [0.4, 0.5) is 0 Å². The summed E-state index contributed by atoms with van der Waals surface area (Å²) in [5.74, 6) is 0.793. The average Bonchev–Trinajstić information content (AvgIpc) is 2.98. The Morgan fingerprint density at radius 2 is 2.15 bits per heavy atom. The Bertz CT molecular complexity index is 387. The maximum atomic E-state index is 9.93. The second-order valence-electron chi connectivity index (χ2n) is 5.53. The molecule has 0 saturated carbocycles. The fraction of sp³-hybridized carbons (Fsp3) is 0.625. The molecule has 0 aliphatic carbocycles. The summed E-state index contributed by atoms with van der Waals surface area (Å²) >= 11 is 0. The van der Waals surface area contributed by atoms with Gasteiger partial charge >= 0.3 is 0 Å². The first-order chi connectivity index (χ1) is 9.65. The Hall–Kier alpha value is -1.10. The van der Waals surface area contributed by atoms with Gasteiger partial charge in [0.05, 0.1) is 6.10 Å². The van der Waals surface area contributed by atoms with E-state index >= 15 is 0 Å². The smallest absolute Gasteiger partial charge is 0.119 e. The first kappa shape index (κ1) is 15.3. The van der Waals surface area contributed by atoms with E-state index in [0.29, 0.717) is 13.2 Å². The van der Waals surface area contributed by atoms with Gasteiger partial charge in [0.25, 0.3) is 0 Å². The molecule has 1 aliphatic rings. The third kappa shape index (κ3) is 4.78. The first-order valence-electron chi connectivity index (χ1n) is 7.37. The van der Waals surface area contributed by atoms with Gasteiger partial charge in [-0.05, 0) is 38.8 Å². The van der Waals surface area contributed by atoms with Crippen molar-refractivity contribution in [2.24, 2.45) is 0 Å². The third-order valence-corrected chi connectivity index (χ3v) is 3.66. The van der Waals surface area contributed by atoms with E-state index in [1.807, 2.05) is 31.2 Å². The molecule has 112 valence electrons. The number of nitrogens with one attached hydrogen (secondary N) is 1. The molecule has 1 aromatic rings. The Morgan fingerprint density at radius 3 is 2.80 bits per heavy atom. The Morgan fingerprint density at radius 1 is 1.40 bits per heavy atom. The maximum Gasteiger partial charge on any atom is 0.119 e. The van der Waals surface area contributed by atoms with Gasteiger partial charge in [-0.3, -0.25) is 0 Å². The van der Waals surface area contributed by atoms with Gasteiger partial charge in [-0.25, -0.2) is 0 Å². The van der Waals surface area contributed by atoms with Crippen molar-refractivity contribution in [3.05, 3.63) is 29.8 Å². The van der Waals surface area contributed by atoms with Gasteiger partial charge < -0.3 is 19.9 Å². The standard InChI is InChI=1S/C16H25NO3/c1-12-5-7-15(8-6-12)20-11-14(18)10-17-13(2)16-4-3-9-19-16/h5-8,13-14,16-18H,3-4,9-11H2,1-2H3. The summed E-state index contributed by atoms with van der Waals surface area (Å²) in [6.45, 7) is 5.82. The van der Waals surface area contributed by atoms with Crippen LogP contribution in [-0.4, -0.2) is 43.1 Å². The number of benzene rings is 1. The van der Waals surface area contributed by atoms with Crippen LogP contribution in [-0.2, 0) is 4.74 Å². The number of aliphatic hydroxyl groups is 1. The number of aryl methyl sites for hydroxylation is 1. The van der Waals surface area contributed by atoms with Gasteiger partial charge in [-0.1, -0.05) is 17.7 Å². The zero-order valence-electron chi connectivity index (χ0n) is 12.3. The highest BCUT2D eigenvalue weighted by atomic mass is 16.5. The monoisotopic (exact) mass is 279 g/mol. The van der Waals surface area contributed by atoms with Gasteiger partial charge in [-0.15, -0.1) is 0 Å². The summed E-state index contributed by atoms with van der Waals surface area (Å²) in [6, 6.07) is 8.11. The van der Waals surface area contributed by atoms with Crippen molar-refractivity contribution in [2.45, 2.75) is 44.9 Å². The minimum Gasteiger partial charge on any atom is -0.491 e. The minimum atomic E-state index is -0.514. The van der Waals surface area contributed by atoms with Crippen molar-refractivity contribution >= 4 is 0 Å². The molecule has 0 amide bonds. The van der Waals surface area contributed by atoms with Crippen molar-refractivity contribution in [3.8, 4) is 5.75 Å². The fourth-order valence-electron chi connectivity index (χ4n) is 2.34. The Balaban J connectivity index is 1.64. The van der Waals surface area contributed by atoms with E-state index in [-0.39, 0.29) is 12.1 Å². The van der Waals surface area contributed by atoms with Crippen LogP contribution in [0.3, 0.4) is 0 Å². The summed E-state index contributed by atoms with van der Waals surface area (Å²) in [4.78, 5) is 0. The highest BCUT2D eigenvalue weighted by molar-refractivity contribution is 5.26. The van der Waals surface area contributed by atoms with E-state index in [9.17, 15) is 5.11 Å². The van der Waals surface area contributed by atoms with E-state index in [2.05, 4.69) is 12.2 Å². The Labute approximate surface area is 121 Å². The van der Waals surface area contributed by atoms with Crippen molar-refractivity contribution in [1.29, 1.82) is 0 Å². The molecule has 1 fully saturated rings. The van der Waals surface area contributed by atoms with Crippen LogP contribution in [0.2, 0.25) is 0 Å². The molecule has 3 unspecified atom stereocenters. The molecule has 1 saturated heterocycles. The summed E-state index contributed by atoms with van der Waals surface area (Å²) in [5.41, 5.74) is 1.20. The molecule has 0 bridgehead atoms. The molecule has 0 radical (unpaired) electrons.